The van der Waals surface area contributed by atoms with Gasteiger partial charge in [-0.3, -0.25) is 0 Å². The number of nitrogens with two attached hydrogens (primary N) is 1. The van der Waals surface area contributed by atoms with Crippen molar-refractivity contribution in [2.45, 2.75) is 25.8 Å². The van der Waals surface area contributed by atoms with Gasteiger partial charge in [0.15, 0.2) is 0 Å². The minimum Gasteiger partial charge on any atom is -0.389 e. The summed E-state index contributed by atoms with van der Waals surface area (Å²) in [6.45, 7) is 2.30. The molecule has 0 unspecified atom stereocenters. The van der Waals surface area contributed by atoms with Crippen molar-refractivity contribution in [3.8, 4) is 0 Å². The number of thiocarbonyl (C=S) groups is 1. The van der Waals surface area contributed by atoms with Crippen molar-refractivity contribution < 1.29 is 0 Å². The second kappa shape index (κ2) is 4.82. The summed E-state index contributed by atoms with van der Waals surface area (Å²) >= 11 is 5.13. The number of rotatable bonds is 3. The van der Waals surface area contributed by atoms with E-state index in [1.165, 1.54) is 23.9 Å². The first-order valence-electron chi connectivity index (χ1n) is 6.73. The van der Waals surface area contributed by atoms with E-state index in [0.717, 1.165) is 16.9 Å². The van der Waals surface area contributed by atoms with E-state index >= 15 is 0 Å². The van der Waals surface area contributed by atoms with Crippen LogP contribution >= 0.6 is 12.2 Å². The molecule has 1 fully saturated rings. The Bertz CT molecular complexity index is 630. The quantitative estimate of drug-likeness (QED) is 0.835. The molecule has 1 aliphatic carbocycles. The monoisotopic (exact) mass is 270 g/mol. The summed E-state index contributed by atoms with van der Waals surface area (Å²) in [5, 5.41) is 5.97. The Morgan fingerprint density at radius 1 is 1.16 bits per heavy atom. The lowest BCUT2D eigenvalue weighted by atomic mass is 9.81. The van der Waals surface area contributed by atoms with Crippen LogP contribution in [-0.2, 0) is 0 Å². The fraction of sp³-hybridized carbons (Fsp3) is 0.312. The molecule has 0 radical (unpaired) electrons. The van der Waals surface area contributed by atoms with E-state index in [-0.39, 0.29) is 0 Å². The van der Waals surface area contributed by atoms with Gasteiger partial charge in [-0.1, -0.05) is 43.4 Å². The first-order chi connectivity index (χ1) is 9.15. The molecule has 3 rings (SSSR count). The highest BCUT2D eigenvalue weighted by Crippen LogP contribution is 2.33. The average molecular weight is 270 g/mol. The topological polar surface area (TPSA) is 38.0 Å². The molecule has 3 N–H and O–H groups in total. The maximum atomic E-state index is 5.80. The van der Waals surface area contributed by atoms with Crippen LogP contribution in [0.4, 0.5) is 5.69 Å². The number of fused-ring (bicyclic) bond motifs is 1. The number of nitrogens with one attached hydrogen (secondary N) is 1. The van der Waals surface area contributed by atoms with Crippen molar-refractivity contribution in [3.63, 3.8) is 0 Å². The molecule has 0 amide bonds. The number of hydrogen-bond donors (Lipinski definition) is 2. The van der Waals surface area contributed by atoms with E-state index in [1.54, 1.807) is 0 Å². The van der Waals surface area contributed by atoms with Crippen LogP contribution in [0.3, 0.4) is 0 Å². The molecule has 0 spiro atoms. The van der Waals surface area contributed by atoms with Crippen LogP contribution in [-0.4, -0.2) is 11.0 Å². The number of benzene rings is 2. The van der Waals surface area contributed by atoms with E-state index < -0.39 is 0 Å². The standard InChI is InChI=1S/C16H18N2S/c1-10-8-11(9-10)18-15-7-6-14(16(17)19)12-4-2-3-5-13(12)15/h2-7,10-11,18H,8-9H2,1H3,(H2,17,19). The van der Waals surface area contributed by atoms with E-state index in [1.807, 2.05) is 12.1 Å². The Morgan fingerprint density at radius 3 is 2.47 bits per heavy atom. The highest BCUT2D eigenvalue weighted by molar-refractivity contribution is 7.80. The van der Waals surface area contributed by atoms with E-state index in [4.69, 9.17) is 18.0 Å². The van der Waals surface area contributed by atoms with Gasteiger partial charge in [0, 0.05) is 22.7 Å². The van der Waals surface area contributed by atoms with Gasteiger partial charge < -0.3 is 11.1 Å². The number of hydrogen-bond acceptors (Lipinski definition) is 2. The smallest absolute Gasteiger partial charge is 0.104 e. The van der Waals surface area contributed by atoms with Crippen molar-refractivity contribution in [1.29, 1.82) is 0 Å². The van der Waals surface area contributed by atoms with Crippen LogP contribution in [0, 0.1) is 5.92 Å². The Morgan fingerprint density at radius 2 is 1.84 bits per heavy atom. The molecule has 98 valence electrons. The van der Waals surface area contributed by atoms with E-state index in [9.17, 15) is 0 Å². The minimum absolute atomic E-state index is 0.458. The maximum absolute atomic E-state index is 5.80. The summed E-state index contributed by atoms with van der Waals surface area (Å²) in [6.07, 6.45) is 2.51. The highest BCUT2D eigenvalue weighted by Gasteiger charge is 2.25. The summed E-state index contributed by atoms with van der Waals surface area (Å²) in [5.74, 6) is 0.847. The Hall–Kier alpha value is -1.61. The van der Waals surface area contributed by atoms with E-state index in [0.29, 0.717) is 11.0 Å². The van der Waals surface area contributed by atoms with Crippen LogP contribution in [0.1, 0.15) is 25.3 Å². The molecule has 0 bridgehead atoms. The third-order valence-electron chi connectivity index (χ3n) is 3.92. The zero-order valence-electron chi connectivity index (χ0n) is 11.0. The molecule has 19 heavy (non-hydrogen) atoms. The predicted molar refractivity (Wildman–Crippen MR) is 85.6 cm³/mol. The number of anilines is 1. The summed E-state index contributed by atoms with van der Waals surface area (Å²) in [4.78, 5) is 0.458. The molecule has 3 heteroatoms. The Balaban J connectivity index is 2.01. The lowest BCUT2D eigenvalue weighted by Crippen LogP contribution is -2.33. The van der Waals surface area contributed by atoms with Gasteiger partial charge in [0.2, 0.25) is 0 Å². The Labute approximate surface area is 119 Å². The van der Waals surface area contributed by atoms with E-state index in [2.05, 4.69) is 36.5 Å². The molecular weight excluding hydrogens is 252 g/mol. The summed E-state index contributed by atoms with van der Waals surface area (Å²) in [5.41, 5.74) is 7.94. The summed E-state index contributed by atoms with van der Waals surface area (Å²) in [6, 6.07) is 13.0. The fourth-order valence-corrected chi connectivity index (χ4v) is 3.06. The average Bonchev–Trinajstić information content (AvgIpc) is 2.36. The molecule has 0 heterocycles. The molecule has 0 atom stereocenters. The largest absolute Gasteiger partial charge is 0.389 e. The van der Waals surface area contributed by atoms with Gasteiger partial charge in [-0.2, -0.15) is 0 Å². The van der Waals surface area contributed by atoms with Crippen LogP contribution in [0.5, 0.6) is 0 Å². The molecule has 0 saturated heterocycles. The van der Waals surface area contributed by atoms with Gasteiger partial charge in [0.25, 0.3) is 0 Å². The highest BCUT2D eigenvalue weighted by atomic mass is 32.1. The lowest BCUT2D eigenvalue weighted by molar-refractivity contribution is 0.309. The van der Waals surface area contributed by atoms with Crippen LogP contribution < -0.4 is 11.1 Å². The summed E-state index contributed by atoms with van der Waals surface area (Å²) in [7, 11) is 0. The fourth-order valence-electron chi connectivity index (χ4n) is 2.88. The molecule has 0 aromatic heterocycles. The van der Waals surface area contributed by atoms with Crippen molar-refractivity contribution in [3.05, 3.63) is 42.0 Å². The predicted octanol–water partition coefficient (Wildman–Crippen LogP) is 3.68. The second-order valence-electron chi connectivity index (χ2n) is 5.49. The molecule has 2 aromatic rings. The third-order valence-corrected chi connectivity index (χ3v) is 4.14. The van der Waals surface area contributed by atoms with Crippen LogP contribution in [0.25, 0.3) is 10.8 Å². The Kier molecular flexibility index (Phi) is 3.15. The molecule has 2 nitrogen and oxygen atoms in total. The van der Waals surface area contributed by atoms with Gasteiger partial charge in [-0.25, -0.2) is 0 Å². The zero-order chi connectivity index (χ0) is 13.4. The van der Waals surface area contributed by atoms with Crippen molar-refractivity contribution in [1.82, 2.24) is 0 Å². The molecular formula is C16H18N2S. The molecule has 1 aliphatic rings. The lowest BCUT2D eigenvalue weighted by Gasteiger charge is -2.34. The first-order valence-corrected chi connectivity index (χ1v) is 7.14. The van der Waals surface area contributed by atoms with Gasteiger partial charge in [0.05, 0.1) is 0 Å². The van der Waals surface area contributed by atoms with Gasteiger partial charge in [-0.05, 0) is 36.3 Å². The normalized spacial score (nSPS) is 21.9. The molecule has 1 saturated carbocycles. The van der Waals surface area contributed by atoms with Gasteiger partial charge in [0.1, 0.15) is 4.99 Å². The molecule has 2 aromatic carbocycles. The van der Waals surface area contributed by atoms with Crippen molar-refractivity contribution in [2.24, 2.45) is 11.7 Å². The first kappa shape index (κ1) is 12.4. The van der Waals surface area contributed by atoms with Gasteiger partial charge in [-0.15, -0.1) is 0 Å². The summed E-state index contributed by atoms with van der Waals surface area (Å²) < 4.78 is 0. The van der Waals surface area contributed by atoms with Crippen molar-refractivity contribution >= 4 is 33.7 Å². The minimum atomic E-state index is 0.458. The van der Waals surface area contributed by atoms with Crippen LogP contribution in [0.2, 0.25) is 0 Å². The third kappa shape index (κ3) is 2.30. The SMILES string of the molecule is CC1CC(Nc2ccc(C(N)=S)c3ccccc23)C1. The maximum Gasteiger partial charge on any atom is 0.104 e. The van der Waals surface area contributed by atoms with Gasteiger partial charge >= 0.3 is 0 Å². The van der Waals surface area contributed by atoms with Crippen LogP contribution in [0.15, 0.2) is 36.4 Å². The van der Waals surface area contributed by atoms with Crippen molar-refractivity contribution in [2.75, 3.05) is 5.32 Å². The zero-order valence-corrected chi connectivity index (χ0v) is 11.8. The molecule has 0 aliphatic heterocycles. The second-order valence-corrected chi connectivity index (χ2v) is 5.93.